The third-order valence-electron chi connectivity index (χ3n) is 2.15. The molecule has 0 unspecified atom stereocenters. The van der Waals surface area contributed by atoms with Crippen LogP contribution in [0.25, 0.3) is 0 Å². The van der Waals surface area contributed by atoms with Gasteiger partial charge in [-0.25, -0.2) is 9.59 Å². The third-order valence-corrected chi connectivity index (χ3v) is 2.15. The fourth-order valence-electron chi connectivity index (χ4n) is 1.08. The highest BCUT2D eigenvalue weighted by molar-refractivity contribution is 5.82. The highest BCUT2D eigenvalue weighted by atomic mass is 16.5. The number of aliphatic carboxylic acids is 1. The van der Waals surface area contributed by atoms with Crippen LogP contribution in [-0.2, 0) is 9.53 Å². The molecule has 0 aromatic rings. The monoisotopic (exact) mass is 248 g/mol. The molecule has 2 atom stereocenters. The molecule has 17 heavy (non-hydrogen) atoms. The van der Waals surface area contributed by atoms with E-state index in [2.05, 4.69) is 5.32 Å². The van der Waals surface area contributed by atoms with E-state index in [4.69, 9.17) is 9.84 Å². The zero-order valence-corrected chi connectivity index (χ0v) is 10.3. The van der Waals surface area contributed by atoms with Gasteiger partial charge in [0.2, 0.25) is 0 Å². The van der Waals surface area contributed by atoms with Crippen molar-refractivity contribution < 1.29 is 24.5 Å². The second-order valence-electron chi connectivity index (χ2n) is 3.62. The molecule has 0 radical (unpaired) electrons. The predicted octanol–water partition coefficient (Wildman–Crippen LogP) is -0.502. The number of aliphatic hydroxyl groups excluding tert-OH is 1. The van der Waals surface area contributed by atoms with E-state index >= 15 is 0 Å². The highest BCUT2D eigenvalue weighted by Gasteiger charge is 2.26. The van der Waals surface area contributed by atoms with Crippen LogP contribution in [0.5, 0.6) is 0 Å². The largest absolute Gasteiger partial charge is 0.480 e. The first kappa shape index (κ1) is 15.7. The van der Waals surface area contributed by atoms with Gasteiger partial charge in [0.15, 0.2) is 6.04 Å². The summed E-state index contributed by atoms with van der Waals surface area (Å²) in [5.74, 6) is -1.27. The Labute approximate surface area is 100 Å². The molecule has 0 rings (SSSR count). The summed E-state index contributed by atoms with van der Waals surface area (Å²) in [5.41, 5.74) is 0. The van der Waals surface area contributed by atoms with Crippen LogP contribution in [0.4, 0.5) is 4.79 Å². The molecule has 0 fully saturated rings. The van der Waals surface area contributed by atoms with Crippen molar-refractivity contribution in [1.82, 2.24) is 10.2 Å². The van der Waals surface area contributed by atoms with Crippen LogP contribution in [0.2, 0.25) is 0 Å². The number of carbonyl (C=O) groups excluding carboxylic acids is 1. The fraction of sp³-hybridized carbons (Fsp3) is 0.800. The summed E-state index contributed by atoms with van der Waals surface area (Å²) >= 11 is 0. The maximum atomic E-state index is 11.5. The Bertz CT molecular complexity index is 257. The van der Waals surface area contributed by atoms with Crippen molar-refractivity contribution in [2.45, 2.75) is 26.0 Å². The number of ether oxygens (including phenoxy) is 1. The van der Waals surface area contributed by atoms with Crippen molar-refractivity contribution in [1.29, 1.82) is 0 Å². The van der Waals surface area contributed by atoms with E-state index in [9.17, 15) is 14.7 Å². The molecular weight excluding hydrogens is 228 g/mol. The van der Waals surface area contributed by atoms with Crippen molar-refractivity contribution in [2.24, 2.45) is 0 Å². The maximum absolute atomic E-state index is 11.5. The average molecular weight is 248 g/mol. The molecule has 0 heterocycles. The van der Waals surface area contributed by atoms with E-state index in [0.717, 1.165) is 0 Å². The summed E-state index contributed by atoms with van der Waals surface area (Å²) in [4.78, 5) is 23.6. The smallest absolute Gasteiger partial charge is 0.328 e. The quantitative estimate of drug-likeness (QED) is 0.527. The van der Waals surface area contributed by atoms with Gasteiger partial charge >= 0.3 is 12.0 Å². The van der Waals surface area contributed by atoms with Crippen LogP contribution in [0.1, 0.15) is 13.8 Å². The van der Waals surface area contributed by atoms with Gasteiger partial charge in [0.05, 0.1) is 12.7 Å². The average Bonchev–Trinajstić information content (AvgIpc) is 2.24. The zero-order valence-electron chi connectivity index (χ0n) is 10.3. The number of urea groups is 1. The molecule has 0 aromatic heterocycles. The van der Waals surface area contributed by atoms with Gasteiger partial charge in [-0.15, -0.1) is 0 Å². The SMILES string of the molecule is CCOCCN(C)C(=O)N[C@H](C(=O)O)[C@@H](C)O. The van der Waals surface area contributed by atoms with Gasteiger partial charge < -0.3 is 25.2 Å². The number of hydrogen-bond acceptors (Lipinski definition) is 4. The van der Waals surface area contributed by atoms with Crippen LogP contribution in [0, 0.1) is 0 Å². The molecule has 0 saturated heterocycles. The number of carboxylic acid groups (broad SMARTS) is 1. The first-order valence-corrected chi connectivity index (χ1v) is 5.40. The van der Waals surface area contributed by atoms with Gasteiger partial charge in [-0.3, -0.25) is 0 Å². The lowest BCUT2D eigenvalue weighted by atomic mass is 10.2. The molecular formula is C10H20N2O5. The number of carboxylic acids is 1. The molecule has 100 valence electrons. The van der Waals surface area contributed by atoms with E-state index in [1.54, 1.807) is 0 Å². The summed E-state index contributed by atoms with van der Waals surface area (Å²) in [7, 11) is 1.52. The molecule has 0 aliphatic carbocycles. The third kappa shape index (κ3) is 6.08. The molecule has 0 aromatic carbocycles. The number of likely N-dealkylation sites (N-methyl/N-ethyl adjacent to an activating group) is 1. The topological polar surface area (TPSA) is 99.1 Å². The van der Waals surface area contributed by atoms with E-state index in [1.165, 1.54) is 18.9 Å². The number of rotatable bonds is 7. The summed E-state index contributed by atoms with van der Waals surface area (Å²) in [6.45, 7) is 4.44. The van der Waals surface area contributed by atoms with Crippen molar-refractivity contribution in [3.8, 4) is 0 Å². The minimum atomic E-state index is -1.31. The Morgan fingerprint density at radius 3 is 2.47 bits per heavy atom. The van der Waals surface area contributed by atoms with Crippen LogP contribution in [0.15, 0.2) is 0 Å². The Balaban J connectivity index is 4.16. The summed E-state index contributed by atoms with van der Waals surface area (Å²) < 4.78 is 5.07. The molecule has 3 N–H and O–H groups in total. The van der Waals surface area contributed by atoms with E-state index < -0.39 is 24.1 Å². The van der Waals surface area contributed by atoms with Crippen molar-refractivity contribution in [2.75, 3.05) is 26.8 Å². The fourth-order valence-corrected chi connectivity index (χ4v) is 1.08. The molecule has 0 aliphatic heterocycles. The zero-order chi connectivity index (χ0) is 13.4. The van der Waals surface area contributed by atoms with Gasteiger partial charge in [-0.2, -0.15) is 0 Å². The maximum Gasteiger partial charge on any atom is 0.328 e. The van der Waals surface area contributed by atoms with Crippen LogP contribution < -0.4 is 5.32 Å². The van der Waals surface area contributed by atoms with Gasteiger partial charge in [0.25, 0.3) is 0 Å². The molecule has 0 aliphatic rings. The molecule has 2 amide bonds. The van der Waals surface area contributed by atoms with Gasteiger partial charge in [-0.1, -0.05) is 0 Å². The molecule has 0 spiro atoms. The standard InChI is InChI=1S/C10H20N2O5/c1-4-17-6-5-12(3)10(16)11-8(7(2)13)9(14)15/h7-8,13H,4-6H2,1-3H3,(H,11,16)(H,14,15)/t7-,8+/m1/s1. The number of nitrogens with one attached hydrogen (secondary N) is 1. The lowest BCUT2D eigenvalue weighted by Crippen LogP contribution is -2.51. The van der Waals surface area contributed by atoms with Crippen molar-refractivity contribution >= 4 is 12.0 Å². The van der Waals surface area contributed by atoms with Gasteiger partial charge in [0, 0.05) is 20.2 Å². The summed E-state index contributed by atoms with van der Waals surface area (Å²) in [6.07, 6.45) is -1.16. The lowest BCUT2D eigenvalue weighted by Gasteiger charge is -2.22. The van der Waals surface area contributed by atoms with E-state index in [-0.39, 0.29) is 0 Å². The molecule has 0 saturated carbocycles. The number of amides is 2. The van der Waals surface area contributed by atoms with Crippen LogP contribution in [0.3, 0.4) is 0 Å². The Morgan fingerprint density at radius 2 is 2.06 bits per heavy atom. The van der Waals surface area contributed by atoms with Crippen molar-refractivity contribution in [3.63, 3.8) is 0 Å². The first-order chi connectivity index (χ1) is 7.90. The van der Waals surface area contributed by atoms with Crippen LogP contribution in [-0.4, -0.2) is 66.1 Å². The highest BCUT2D eigenvalue weighted by Crippen LogP contribution is 1.95. The Morgan fingerprint density at radius 1 is 1.47 bits per heavy atom. The predicted molar refractivity (Wildman–Crippen MR) is 60.8 cm³/mol. The number of hydrogen-bond donors (Lipinski definition) is 3. The molecule has 0 bridgehead atoms. The van der Waals surface area contributed by atoms with Gasteiger partial charge in [-0.05, 0) is 13.8 Å². The second-order valence-corrected chi connectivity index (χ2v) is 3.62. The first-order valence-electron chi connectivity index (χ1n) is 5.40. The van der Waals surface area contributed by atoms with E-state index in [1.807, 2.05) is 6.92 Å². The number of nitrogens with zero attached hydrogens (tertiary/aromatic N) is 1. The van der Waals surface area contributed by atoms with Gasteiger partial charge in [0.1, 0.15) is 0 Å². The summed E-state index contributed by atoms with van der Waals surface area (Å²) in [5, 5.41) is 20.2. The van der Waals surface area contributed by atoms with Crippen LogP contribution >= 0.6 is 0 Å². The minimum Gasteiger partial charge on any atom is -0.480 e. The number of carbonyl (C=O) groups is 2. The second kappa shape index (κ2) is 7.86. The Hall–Kier alpha value is -1.34. The normalized spacial score (nSPS) is 13.9. The Kier molecular flexibility index (Phi) is 7.24. The molecule has 7 nitrogen and oxygen atoms in total. The minimum absolute atomic E-state index is 0.353. The number of aliphatic hydroxyl groups is 1. The summed E-state index contributed by atoms with van der Waals surface area (Å²) in [6, 6.07) is -1.87. The lowest BCUT2D eigenvalue weighted by molar-refractivity contribution is -0.141. The van der Waals surface area contributed by atoms with Crippen molar-refractivity contribution in [3.05, 3.63) is 0 Å². The molecule has 7 heteroatoms. The van der Waals surface area contributed by atoms with E-state index in [0.29, 0.717) is 19.8 Å².